The molecule has 0 aliphatic rings. The fraction of sp³-hybridized carbons (Fsp3) is 0.438. The van der Waals surface area contributed by atoms with Crippen LogP contribution in [-0.4, -0.2) is 11.3 Å². The zero-order valence-corrected chi connectivity index (χ0v) is 12.5. The van der Waals surface area contributed by atoms with Gasteiger partial charge in [-0.3, -0.25) is 0 Å². The molecule has 0 spiro atoms. The predicted molar refractivity (Wildman–Crippen MR) is 78.7 cm³/mol. The smallest absolute Gasteiger partial charge is 0.133 e. The zero-order chi connectivity index (χ0) is 14.5. The monoisotopic (exact) mass is 274 g/mol. The van der Waals surface area contributed by atoms with Crippen molar-refractivity contribution in [3.8, 4) is 5.75 Å². The minimum absolute atomic E-state index is 0.138. The molecule has 0 fully saturated rings. The molecule has 0 saturated heterocycles. The lowest BCUT2D eigenvalue weighted by Gasteiger charge is -2.16. The third-order valence-corrected chi connectivity index (χ3v) is 3.02. The van der Waals surface area contributed by atoms with E-state index in [0.29, 0.717) is 0 Å². The average molecular weight is 274 g/mol. The second-order valence-corrected chi connectivity index (χ2v) is 5.24. The van der Waals surface area contributed by atoms with Gasteiger partial charge < -0.3 is 14.6 Å². The summed E-state index contributed by atoms with van der Waals surface area (Å²) in [5.74, 6) is 1.76. The first-order valence-electron chi connectivity index (χ1n) is 6.97. The fourth-order valence-corrected chi connectivity index (χ4v) is 1.98. The molecule has 1 atom stereocenters. The third-order valence-electron chi connectivity index (χ3n) is 3.02. The Morgan fingerprint density at radius 3 is 2.65 bits per heavy atom. The number of aromatic nitrogens is 1. The van der Waals surface area contributed by atoms with Crippen molar-refractivity contribution < 1.29 is 9.26 Å². The first-order chi connectivity index (χ1) is 9.56. The van der Waals surface area contributed by atoms with Crippen molar-refractivity contribution in [3.63, 3.8) is 0 Å². The van der Waals surface area contributed by atoms with E-state index in [-0.39, 0.29) is 12.1 Å². The molecule has 0 radical (unpaired) electrons. The van der Waals surface area contributed by atoms with E-state index in [2.05, 4.69) is 23.5 Å². The Morgan fingerprint density at radius 1 is 1.25 bits per heavy atom. The van der Waals surface area contributed by atoms with E-state index in [0.717, 1.165) is 29.3 Å². The molecule has 0 amide bonds. The maximum Gasteiger partial charge on any atom is 0.133 e. The van der Waals surface area contributed by atoms with Crippen LogP contribution >= 0.6 is 0 Å². The summed E-state index contributed by atoms with van der Waals surface area (Å²) in [7, 11) is 0. The van der Waals surface area contributed by atoms with E-state index in [4.69, 9.17) is 9.26 Å². The van der Waals surface area contributed by atoms with E-state index in [1.54, 1.807) is 0 Å². The Hall–Kier alpha value is -1.81. The molecule has 20 heavy (non-hydrogen) atoms. The van der Waals surface area contributed by atoms with Gasteiger partial charge in [-0.25, -0.2) is 0 Å². The molecule has 2 aromatic rings. The standard InChI is InChI=1S/C16H22N2O2/c1-11(2)19-16-8-6-5-7-14(16)10-17-13(4)15-9-12(3)20-18-15/h5-9,11,13,17H,10H2,1-4H3. The molecule has 4 nitrogen and oxygen atoms in total. The number of hydrogen-bond donors (Lipinski definition) is 1. The third kappa shape index (κ3) is 3.84. The summed E-state index contributed by atoms with van der Waals surface area (Å²) in [5.41, 5.74) is 2.07. The maximum absolute atomic E-state index is 5.81. The predicted octanol–water partition coefficient (Wildman–Crippen LogP) is 3.62. The Kier molecular flexibility index (Phi) is 4.79. The summed E-state index contributed by atoms with van der Waals surface area (Å²) in [5, 5.41) is 7.47. The van der Waals surface area contributed by atoms with Crippen LogP contribution in [0.4, 0.5) is 0 Å². The summed E-state index contributed by atoms with van der Waals surface area (Å²) in [6, 6.07) is 10.2. The molecule has 1 N–H and O–H groups in total. The van der Waals surface area contributed by atoms with Gasteiger partial charge in [-0.05, 0) is 33.8 Å². The van der Waals surface area contributed by atoms with Crippen LogP contribution in [0, 0.1) is 6.92 Å². The topological polar surface area (TPSA) is 47.3 Å². The summed E-state index contributed by atoms with van der Waals surface area (Å²) < 4.78 is 10.9. The molecule has 0 aliphatic heterocycles. The minimum atomic E-state index is 0.138. The Morgan fingerprint density at radius 2 is 2.00 bits per heavy atom. The van der Waals surface area contributed by atoms with Crippen LogP contribution < -0.4 is 10.1 Å². The van der Waals surface area contributed by atoms with Gasteiger partial charge in [0.25, 0.3) is 0 Å². The lowest BCUT2D eigenvalue weighted by Crippen LogP contribution is -2.19. The fourth-order valence-electron chi connectivity index (χ4n) is 1.98. The van der Waals surface area contributed by atoms with Gasteiger partial charge >= 0.3 is 0 Å². The van der Waals surface area contributed by atoms with Gasteiger partial charge in [0.05, 0.1) is 12.1 Å². The number of ether oxygens (including phenoxy) is 1. The molecule has 4 heteroatoms. The van der Waals surface area contributed by atoms with Crippen LogP contribution in [0.2, 0.25) is 0 Å². The van der Waals surface area contributed by atoms with Gasteiger partial charge in [0.1, 0.15) is 17.2 Å². The molecular formula is C16H22N2O2. The molecule has 0 aliphatic carbocycles. The zero-order valence-electron chi connectivity index (χ0n) is 12.5. The highest BCUT2D eigenvalue weighted by molar-refractivity contribution is 5.33. The summed E-state index contributed by atoms with van der Waals surface area (Å²) in [6.07, 6.45) is 0.173. The second-order valence-electron chi connectivity index (χ2n) is 5.24. The molecule has 0 saturated carbocycles. The highest BCUT2D eigenvalue weighted by Gasteiger charge is 2.11. The maximum atomic E-state index is 5.81. The van der Waals surface area contributed by atoms with Gasteiger partial charge in [0, 0.05) is 18.2 Å². The van der Waals surface area contributed by atoms with Crippen molar-refractivity contribution in [2.24, 2.45) is 0 Å². The van der Waals surface area contributed by atoms with Crippen molar-refractivity contribution in [2.75, 3.05) is 0 Å². The highest BCUT2D eigenvalue weighted by Crippen LogP contribution is 2.20. The molecule has 0 bridgehead atoms. The molecule has 1 aromatic heterocycles. The molecule has 2 rings (SSSR count). The quantitative estimate of drug-likeness (QED) is 0.874. The Labute approximate surface area is 120 Å². The van der Waals surface area contributed by atoms with Crippen molar-refractivity contribution >= 4 is 0 Å². The highest BCUT2D eigenvalue weighted by atomic mass is 16.5. The largest absolute Gasteiger partial charge is 0.491 e. The minimum Gasteiger partial charge on any atom is -0.491 e. The summed E-state index contributed by atoms with van der Waals surface area (Å²) >= 11 is 0. The second kappa shape index (κ2) is 6.57. The number of benzene rings is 1. The SMILES string of the molecule is Cc1cc(C(C)NCc2ccccc2OC(C)C)no1. The molecule has 1 aromatic carbocycles. The first kappa shape index (κ1) is 14.6. The van der Waals surface area contributed by atoms with E-state index < -0.39 is 0 Å². The van der Waals surface area contributed by atoms with E-state index in [1.807, 2.05) is 45.0 Å². The van der Waals surface area contributed by atoms with Crippen LogP contribution in [-0.2, 0) is 6.54 Å². The van der Waals surface area contributed by atoms with Crippen molar-refractivity contribution in [1.29, 1.82) is 0 Å². The van der Waals surface area contributed by atoms with Crippen molar-refractivity contribution in [3.05, 3.63) is 47.3 Å². The van der Waals surface area contributed by atoms with Crippen molar-refractivity contribution in [1.82, 2.24) is 10.5 Å². The van der Waals surface area contributed by atoms with Crippen LogP contribution in [0.25, 0.3) is 0 Å². The lowest BCUT2D eigenvalue weighted by atomic mass is 10.1. The normalized spacial score (nSPS) is 12.7. The van der Waals surface area contributed by atoms with Gasteiger partial charge in [-0.1, -0.05) is 23.4 Å². The van der Waals surface area contributed by atoms with Gasteiger partial charge in [-0.2, -0.15) is 0 Å². The van der Waals surface area contributed by atoms with E-state index in [1.165, 1.54) is 0 Å². The first-order valence-corrected chi connectivity index (χ1v) is 6.97. The van der Waals surface area contributed by atoms with Gasteiger partial charge in [-0.15, -0.1) is 0 Å². The average Bonchev–Trinajstić information content (AvgIpc) is 2.83. The number of para-hydroxylation sites is 1. The number of rotatable bonds is 6. The lowest BCUT2D eigenvalue weighted by molar-refractivity contribution is 0.239. The summed E-state index contributed by atoms with van der Waals surface area (Å²) in [6.45, 7) is 8.77. The molecule has 1 heterocycles. The molecule has 108 valence electrons. The van der Waals surface area contributed by atoms with Crippen LogP contribution in [0.15, 0.2) is 34.9 Å². The van der Waals surface area contributed by atoms with Gasteiger partial charge in [0.2, 0.25) is 0 Å². The van der Waals surface area contributed by atoms with Crippen molar-refractivity contribution in [2.45, 2.75) is 46.4 Å². The number of hydrogen-bond acceptors (Lipinski definition) is 4. The molecular weight excluding hydrogens is 252 g/mol. The van der Waals surface area contributed by atoms with E-state index in [9.17, 15) is 0 Å². The van der Waals surface area contributed by atoms with E-state index >= 15 is 0 Å². The van der Waals surface area contributed by atoms with Crippen LogP contribution in [0.5, 0.6) is 5.75 Å². The number of nitrogens with zero attached hydrogens (tertiary/aromatic N) is 1. The number of nitrogens with one attached hydrogen (secondary N) is 1. The van der Waals surface area contributed by atoms with Crippen LogP contribution in [0.3, 0.4) is 0 Å². The Bertz CT molecular complexity index is 549. The molecule has 1 unspecified atom stereocenters. The number of aryl methyl sites for hydroxylation is 1. The van der Waals surface area contributed by atoms with Crippen LogP contribution in [0.1, 0.15) is 43.8 Å². The Balaban J connectivity index is 2.00. The van der Waals surface area contributed by atoms with Gasteiger partial charge in [0.15, 0.2) is 0 Å². The summed E-state index contributed by atoms with van der Waals surface area (Å²) in [4.78, 5) is 0.